The third-order valence-corrected chi connectivity index (χ3v) is 4.94. The number of nitriles is 1. The van der Waals surface area contributed by atoms with Gasteiger partial charge in [0.1, 0.15) is 0 Å². The Morgan fingerprint density at radius 1 is 1.30 bits per heavy atom. The summed E-state index contributed by atoms with van der Waals surface area (Å²) in [4.78, 5) is 0.259. The summed E-state index contributed by atoms with van der Waals surface area (Å²) in [7, 11) is -1.69. The molecule has 0 amide bonds. The molecule has 1 aromatic heterocycles. The summed E-state index contributed by atoms with van der Waals surface area (Å²) in [5.41, 5.74) is 1.61. The number of benzene rings is 1. The number of aryl methyl sites for hydroxylation is 1. The molecule has 1 atom stereocenters. The van der Waals surface area contributed by atoms with E-state index in [1.54, 1.807) is 36.1 Å². The van der Waals surface area contributed by atoms with Crippen molar-refractivity contribution in [2.45, 2.75) is 17.9 Å². The van der Waals surface area contributed by atoms with Crippen molar-refractivity contribution in [2.75, 3.05) is 13.1 Å². The lowest BCUT2D eigenvalue weighted by Gasteiger charge is -2.14. The molecular weight excluding hydrogens is 312 g/mol. The van der Waals surface area contributed by atoms with Gasteiger partial charge in [0.05, 0.1) is 16.5 Å². The quantitative estimate of drug-likeness (QED) is 0.753. The standard InChI is InChI=1S/C16H20N4O2S/c1-13(15-5-3-4-14(10-15)11-17)18-7-8-19-23(21,22)16-6-9-20(2)12-16/h3-6,9-10,12-13,18-19H,7-8H2,1-2H3. The fraction of sp³-hybridized carbons (Fsp3) is 0.312. The highest BCUT2D eigenvalue weighted by molar-refractivity contribution is 7.89. The minimum absolute atomic E-state index is 0.0320. The number of nitrogens with one attached hydrogen (secondary N) is 2. The summed E-state index contributed by atoms with van der Waals surface area (Å²) >= 11 is 0. The van der Waals surface area contributed by atoms with E-state index >= 15 is 0 Å². The van der Waals surface area contributed by atoms with Crippen LogP contribution in [-0.4, -0.2) is 26.1 Å². The van der Waals surface area contributed by atoms with Crippen molar-refractivity contribution in [1.29, 1.82) is 5.26 Å². The third kappa shape index (κ3) is 4.66. The van der Waals surface area contributed by atoms with Gasteiger partial charge in [-0.2, -0.15) is 5.26 Å². The van der Waals surface area contributed by atoms with Gasteiger partial charge in [-0.1, -0.05) is 12.1 Å². The normalized spacial score (nSPS) is 12.7. The fourth-order valence-corrected chi connectivity index (χ4v) is 3.27. The number of nitrogens with zero attached hydrogens (tertiary/aromatic N) is 2. The molecule has 0 aliphatic heterocycles. The van der Waals surface area contributed by atoms with E-state index in [2.05, 4.69) is 16.1 Å². The van der Waals surface area contributed by atoms with Gasteiger partial charge in [-0.05, 0) is 30.7 Å². The van der Waals surface area contributed by atoms with Crippen LogP contribution in [-0.2, 0) is 17.1 Å². The van der Waals surface area contributed by atoms with Crippen LogP contribution in [0.3, 0.4) is 0 Å². The predicted octanol–water partition coefficient (Wildman–Crippen LogP) is 1.53. The van der Waals surface area contributed by atoms with Crippen LogP contribution >= 0.6 is 0 Å². The third-order valence-electron chi connectivity index (χ3n) is 3.50. The second-order valence-corrected chi connectivity index (χ2v) is 7.09. The summed E-state index contributed by atoms with van der Waals surface area (Å²) in [6.07, 6.45) is 3.25. The molecule has 0 spiro atoms. The Morgan fingerprint density at radius 3 is 2.74 bits per heavy atom. The van der Waals surface area contributed by atoms with Crippen molar-refractivity contribution >= 4 is 10.0 Å². The highest BCUT2D eigenvalue weighted by atomic mass is 32.2. The zero-order valence-electron chi connectivity index (χ0n) is 13.2. The summed E-state index contributed by atoms with van der Waals surface area (Å²) < 4.78 is 28.4. The molecule has 2 N–H and O–H groups in total. The molecular formula is C16H20N4O2S. The number of aromatic nitrogens is 1. The van der Waals surface area contributed by atoms with Crippen molar-refractivity contribution in [3.8, 4) is 6.07 Å². The van der Waals surface area contributed by atoms with Gasteiger partial charge in [-0.15, -0.1) is 0 Å². The van der Waals surface area contributed by atoms with E-state index in [-0.39, 0.29) is 10.9 Å². The maximum atomic E-state index is 12.1. The maximum absolute atomic E-state index is 12.1. The topological polar surface area (TPSA) is 86.9 Å². The van der Waals surface area contributed by atoms with Crippen LogP contribution in [0.25, 0.3) is 0 Å². The minimum atomic E-state index is -3.47. The molecule has 23 heavy (non-hydrogen) atoms. The van der Waals surface area contributed by atoms with Gasteiger partial charge < -0.3 is 9.88 Å². The van der Waals surface area contributed by atoms with Crippen molar-refractivity contribution in [1.82, 2.24) is 14.6 Å². The summed E-state index contributed by atoms with van der Waals surface area (Å²) in [6, 6.07) is 11.1. The van der Waals surface area contributed by atoms with Gasteiger partial charge in [0.15, 0.2) is 0 Å². The Balaban J connectivity index is 1.84. The maximum Gasteiger partial charge on any atom is 0.242 e. The van der Waals surface area contributed by atoms with Gasteiger partial charge in [-0.25, -0.2) is 13.1 Å². The van der Waals surface area contributed by atoms with Crippen LogP contribution in [0, 0.1) is 11.3 Å². The molecule has 0 radical (unpaired) electrons. The van der Waals surface area contributed by atoms with Crippen LogP contribution in [0.15, 0.2) is 47.6 Å². The molecule has 0 fully saturated rings. The van der Waals surface area contributed by atoms with Crippen LogP contribution in [0.1, 0.15) is 24.1 Å². The Bertz CT molecular complexity index is 805. The highest BCUT2D eigenvalue weighted by Gasteiger charge is 2.14. The molecule has 0 saturated carbocycles. The largest absolute Gasteiger partial charge is 0.356 e. The summed E-state index contributed by atoms with van der Waals surface area (Å²) in [5.74, 6) is 0. The van der Waals surface area contributed by atoms with E-state index in [9.17, 15) is 8.42 Å². The lowest BCUT2D eigenvalue weighted by atomic mass is 10.1. The van der Waals surface area contributed by atoms with E-state index in [1.807, 2.05) is 25.1 Å². The van der Waals surface area contributed by atoms with Gasteiger partial charge >= 0.3 is 0 Å². The molecule has 0 saturated heterocycles. The Hall–Kier alpha value is -2.14. The molecule has 1 aromatic carbocycles. The van der Waals surface area contributed by atoms with Crippen molar-refractivity contribution in [2.24, 2.45) is 7.05 Å². The first-order chi connectivity index (χ1) is 10.9. The Kier molecular flexibility index (Phi) is 5.55. The molecule has 1 heterocycles. The van der Waals surface area contributed by atoms with Crippen molar-refractivity contribution < 1.29 is 8.42 Å². The number of hydrogen-bond acceptors (Lipinski definition) is 4. The predicted molar refractivity (Wildman–Crippen MR) is 88.2 cm³/mol. The van der Waals surface area contributed by atoms with E-state index in [0.29, 0.717) is 18.7 Å². The average molecular weight is 332 g/mol. The molecule has 7 heteroatoms. The van der Waals surface area contributed by atoms with E-state index in [1.165, 1.54) is 0 Å². The average Bonchev–Trinajstić information content (AvgIpc) is 2.99. The second kappa shape index (κ2) is 7.42. The number of rotatable bonds is 7. The first kappa shape index (κ1) is 17.2. The van der Waals surface area contributed by atoms with E-state index in [4.69, 9.17) is 5.26 Å². The van der Waals surface area contributed by atoms with Crippen LogP contribution < -0.4 is 10.0 Å². The monoisotopic (exact) mass is 332 g/mol. The number of hydrogen-bond donors (Lipinski definition) is 2. The Morgan fingerprint density at radius 2 is 2.09 bits per heavy atom. The molecule has 6 nitrogen and oxygen atoms in total. The molecule has 2 rings (SSSR count). The molecule has 2 aromatic rings. The zero-order valence-corrected chi connectivity index (χ0v) is 14.0. The van der Waals surface area contributed by atoms with Crippen LogP contribution in [0.4, 0.5) is 0 Å². The van der Waals surface area contributed by atoms with Gasteiger partial charge in [-0.3, -0.25) is 0 Å². The minimum Gasteiger partial charge on any atom is -0.356 e. The van der Waals surface area contributed by atoms with Crippen LogP contribution in [0.5, 0.6) is 0 Å². The SMILES string of the molecule is CC(NCCNS(=O)(=O)c1ccn(C)c1)c1cccc(C#N)c1. The Labute approximate surface area is 136 Å². The van der Waals surface area contributed by atoms with Crippen molar-refractivity contribution in [3.05, 3.63) is 53.9 Å². The van der Waals surface area contributed by atoms with Gasteiger partial charge in [0.2, 0.25) is 10.0 Å². The molecule has 0 aliphatic carbocycles. The first-order valence-corrected chi connectivity index (χ1v) is 8.76. The molecule has 1 unspecified atom stereocenters. The lowest BCUT2D eigenvalue weighted by Crippen LogP contribution is -2.32. The highest BCUT2D eigenvalue weighted by Crippen LogP contribution is 2.13. The molecule has 0 bridgehead atoms. The molecule has 0 aliphatic rings. The second-order valence-electron chi connectivity index (χ2n) is 5.32. The fourth-order valence-electron chi connectivity index (χ4n) is 2.19. The molecule has 122 valence electrons. The summed E-state index contributed by atoms with van der Waals surface area (Å²) in [5, 5.41) is 12.1. The zero-order chi connectivity index (χ0) is 16.9. The first-order valence-electron chi connectivity index (χ1n) is 7.27. The van der Waals surface area contributed by atoms with Crippen LogP contribution in [0.2, 0.25) is 0 Å². The van der Waals surface area contributed by atoms with E-state index < -0.39 is 10.0 Å². The van der Waals surface area contributed by atoms with E-state index in [0.717, 1.165) is 5.56 Å². The lowest BCUT2D eigenvalue weighted by molar-refractivity contribution is 0.553. The van der Waals surface area contributed by atoms with Crippen molar-refractivity contribution in [3.63, 3.8) is 0 Å². The summed E-state index contributed by atoms with van der Waals surface area (Å²) in [6.45, 7) is 2.76. The number of sulfonamides is 1. The van der Waals surface area contributed by atoms with Gasteiger partial charge in [0.25, 0.3) is 0 Å². The smallest absolute Gasteiger partial charge is 0.242 e. The van der Waals surface area contributed by atoms with Gasteiger partial charge in [0, 0.05) is 38.6 Å².